The molecule has 1 saturated heterocycles. The summed E-state index contributed by atoms with van der Waals surface area (Å²) < 4.78 is 6.14. The summed E-state index contributed by atoms with van der Waals surface area (Å²) >= 11 is 0. The van der Waals surface area contributed by atoms with Crippen molar-refractivity contribution in [2.75, 3.05) is 27.3 Å². The Morgan fingerprint density at radius 3 is 3.10 bits per heavy atom. The van der Waals surface area contributed by atoms with Gasteiger partial charge in [-0.1, -0.05) is 12.1 Å². The quantitative estimate of drug-likeness (QED) is 0.886. The largest absolute Gasteiger partial charge is 0.396 e. The predicted octanol–water partition coefficient (Wildman–Crippen LogP) is 1.88. The summed E-state index contributed by atoms with van der Waals surface area (Å²) in [5.41, 5.74) is 3.54. The van der Waals surface area contributed by atoms with Gasteiger partial charge in [-0.15, -0.1) is 0 Å². The fourth-order valence-electron chi connectivity index (χ4n) is 4.56. The van der Waals surface area contributed by atoms with Crippen LogP contribution in [0.2, 0.25) is 0 Å². The van der Waals surface area contributed by atoms with E-state index in [9.17, 15) is 5.11 Å². The van der Waals surface area contributed by atoms with Gasteiger partial charge in [0.15, 0.2) is 0 Å². The third kappa shape index (κ3) is 1.67. The fourth-order valence-corrected chi connectivity index (χ4v) is 4.56. The van der Waals surface area contributed by atoms with Crippen LogP contribution in [0.5, 0.6) is 0 Å². The molecule has 2 aliphatic rings. The van der Waals surface area contributed by atoms with Crippen molar-refractivity contribution < 1.29 is 9.84 Å². The average Bonchev–Trinajstić information content (AvgIpc) is 2.93. The molecule has 4 nitrogen and oxygen atoms in total. The molecular formula is C17H22N2O2. The Morgan fingerprint density at radius 1 is 1.48 bits per heavy atom. The minimum Gasteiger partial charge on any atom is -0.396 e. The van der Waals surface area contributed by atoms with Gasteiger partial charge in [-0.3, -0.25) is 4.90 Å². The van der Waals surface area contributed by atoms with Gasteiger partial charge in [0.1, 0.15) is 5.60 Å². The number of likely N-dealkylation sites (tertiary alicyclic amines) is 1. The predicted molar refractivity (Wildman–Crippen MR) is 82.3 cm³/mol. The first-order valence-electron chi connectivity index (χ1n) is 7.65. The minimum absolute atomic E-state index is 0.220. The van der Waals surface area contributed by atoms with E-state index in [1.54, 1.807) is 0 Å². The van der Waals surface area contributed by atoms with Gasteiger partial charge in [-0.2, -0.15) is 0 Å². The maximum absolute atomic E-state index is 9.67. The molecule has 0 spiro atoms. The van der Waals surface area contributed by atoms with E-state index in [4.69, 9.17) is 4.74 Å². The number of fused-ring (bicyclic) bond motifs is 2. The summed E-state index contributed by atoms with van der Waals surface area (Å²) in [5, 5.41) is 11.0. The van der Waals surface area contributed by atoms with Gasteiger partial charge in [0, 0.05) is 43.4 Å². The second-order valence-electron chi connectivity index (χ2n) is 6.55. The molecule has 1 aliphatic heterocycles. The Labute approximate surface area is 124 Å². The molecule has 4 heteroatoms. The van der Waals surface area contributed by atoms with Gasteiger partial charge in [0.05, 0.1) is 0 Å². The molecule has 2 aromatic rings. The molecule has 1 fully saturated rings. The van der Waals surface area contributed by atoms with E-state index in [-0.39, 0.29) is 18.1 Å². The van der Waals surface area contributed by atoms with Crippen molar-refractivity contribution in [2.24, 2.45) is 5.92 Å². The standard InChI is InChI=1S/C17H22N2O2/c1-19-9-11(10-20)7-17(21-2)13-4-3-5-14-16(13)12(8-18-14)6-15(17)19/h3-5,8,11,15,18,20H,6-7,9-10H2,1-2H3/t11-,15?,17?/m1/s1. The highest BCUT2D eigenvalue weighted by molar-refractivity contribution is 5.88. The normalized spacial score (nSPS) is 32.3. The van der Waals surface area contributed by atoms with E-state index in [1.165, 1.54) is 22.0 Å². The topological polar surface area (TPSA) is 48.5 Å². The lowest BCUT2D eigenvalue weighted by Gasteiger charge is -2.52. The number of rotatable bonds is 2. The second kappa shape index (κ2) is 4.57. The van der Waals surface area contributed by atoms with Crippen LogP contribution in [0.4, 0.5) is 0 Å². The van der Waals surface area contributed by atoms with Crippen molar-refractivity contribution in [3.8, 4) is 0 Å². The maximum Gasteiger partial charge on any atom is 0.110 e. The molecule has 1 aromatic carbocycles. The summed E-state index contributed by atoms with van der Waals surface area (Å²) in [6.07, 6.45) is 4.03. The monoisotopic (exact) mass is 286 g/mol. The number of ether oxygens (including phenoxy) is 1. The van der Waals surface area contributed by atoms with E-state index in [0.29, 0.717) is 6.04 Å². The first kappa shape index (κ1) is 13.3. The van der Waals surface area contributed by atoms with Crippen LogP contribution in [0, 0.1) is 5.92 Å². The first-order valence-corrected chi connectivity index (χ1v) is 7.65. The molecule has 112 valence electrons. The summed E-state index contributed by atoms with van der Waals surface area (Å²) in [7, 11) is 3.97. The number of aliphatic hydroxyl groups excluding tert-OH is 1. The van der Waals surface area contributed by atoms with Gasteiger partial charge < -0.3 is 14.8 Å². The summed E-state index contributed by atoms with van der Waals surface area (Å²) in [6, 6.07) is 6.76. The number of hydrogen-bond acceptors (Lipinski definition) is 3. The van der Waals surface area contributed by atoms with Crippen LogP contribution in [-0.2, 0) is 16.8 Å². The molecule has 21 heavy (non-hydrogen) atoms. The molecule has 2 unspecified atom stereocenters. The van der Waals surface area contributed by atoms with Gasteiger partial charge in [-0.25, -0.2) is 0 Å². The summed E-state index contributed by atoms with van der Waals surface area (Å²) in [4.78, 5) is 5.75. The van der Waals surface area contributed by atoms with Crippen molar-refractivity contribution in [3.05, 3.63) is 35.5 Å². The van der Waals surface area contributed by atoms with E-state index in [2.05, 4.69) is 41.3 Å². The molecule has 2 N–H and O–H groups in total. The Hall–Kier alpha value is -1.36. The van der Waals surface area contributed by atoms with Crippen molar-refractivity contribution >= 4 is 10.9 Å². The van der Waals surface area contributed by atoms with E-state index in [0.717, 1.165) is 19.4 Å². The Bertz CT molecular complexity index is 680. The summed E-state index contributed by atoms with van der Waals surface area (Å²) in [5.74, 6) is 0.266. The number of benzene rings is 1. The Kier molecular flexibility index (Phi) is 2.89. The number of aromatic amines is 1. The number of piperidine rings is 1. The van der Waals surface area contributed by atoms with Crippen molar-refractivity contribution in [3.63, 3.8) is 0 Å². The highest BCUT2D eigenvalue weighted by Gasteiger charge is 2.51. The number of aliphatic hydroxyl groups is 1. The third-order valence-electron chi connectivity index (χ3n) is 5.49. The van der Waals surface area contributed by atoms with Crippen LogP contribution in [-0.4, -0.2) is 48.3 Å². The molecule has 3 atom stereocenters. The smallest absolute Gasteiger partial charge is 0.110 e. The molecule has 0 saturated carbocycles. The Morgan fingerprint density at radius 2 is 2.33 bits per heavy atom. The van der Waals surface area contributed by atoms with Crippen molar-refractivity contribution in [1.29, 1.82) is 0 Å². The zero-order chi connectivity index (χ0) is 14.6. The van der Waals surface area contributed by atoms with Crippen LogP contribution in [0.1, 0.15) is 17.5 Å². The van der Waals surface area contributed by atoms with E-state index < -0.39 is 0 Å². The molecule has 0 bridgehead atoms. The number of methoxy groups -OCH3 is 1. The SMILES string of the molecule is COC12C[C@@H](CO)CN(C)C1Cc1c[nH]c3cccc2c13. The molecule has 1 aromatic heterocycles. The molecule has 2 heterocycles. The fraction of sp³-hybridized carbons (Fsp3) is 0.529. The van der Waals surface area contributed by atoms with Crippen molar-refractivity contribution in [2.45, 2.75) is 24.5 Å². The van der Waals surface area contributed by atoms with E-state index >= 15 is 0 Å². The molecule has 1 aliphatic carbocycles. The maximum atomic E-state index is 9.67. The number of nitrogens with one attached hydrogen (secondary N) is 1. The molecule has 0 radical (unpaired) electrons. The van der Waals surface area contributed by atoms with Crippen LogP contribution in [0.15, 0.2) is 24.4 Å². The van der Waals surface area contributed by atoms with Gasteiger partial charge >= 0.3 is 0 Å². The number of aromatic nitrogens is 1. The van der Waals surface area contributed by atoms with Crippen LogP contribution < -0.4 is 0 Å². The number of H-pyrrole nitrogens is 1. The zero-order valence-electron chi connectivity index (χ0n) is 12.6. The summed E-state index contributed by atoms with van der Waals surface area (Å²) in [6.45, 7) is 1.15. The van der Waals surface area contributed by atoms with Crippen LogP contribution in [0.3, 0.4) is 0 Å². The Balaban J connectivity index is 1.96. The first-order chi connectivity index (χ1) is 10.2. The third-order valence-corrected chi connectivity index (χ3v) is 5.49. The number of hydrogen-bond donors (Lipinski definition) is 2. The van der Waals surface area contributed by atoms with Gasteiger partial charge in [0.2, 0.25) is 0 Å². The second-order valence-corrected chi connectivity index (χ2v) is 6.55. The number of likely N-dealkylation sites (N-methyl/N-ethyl adjacent to an activating group) is 1. The van der Waals surface area contributed by atoms with Crippen LogP contribution >= 0.6 is 0 Å². The lowest BCUT2D eigenvalue weighted by Crippen LogP contribution is -2.59. The number of nitrogens with zero attached hydrogens (tertiary/aromatic N) is 1. The minimum atomic E-state index is -0.310. The van der Waals surface area contributed by atoms with Crippen LogP contribution in [0.25, 0.3) is 10.9 Å². The van der Waals surface area contributed by atoms with Crippen molar-refractivity contribution in [1.82, 2.24) is 9.88 Å². The molecule has 0 amide bonds. The van der Waals surface area contributed by atoms with E-state index in [1.807, 2.05) is 7.11 Å². The van der Waals surface area contributed by atoms with Gasteiger partial charge in [-0.05, 0) is 43.0 Å². The zero-order valence-corrected chi connectivity index (χ0v) is 12.6. The lowest BCUT2D eigenvalue weighted by atomic mass is 9.69. The average molecular weight is 286 g/mol. The van der Waals surface area contributed by atoms with Gasteiger partial charge in [0.25, 0.3) is 0 Å². The highest BCUT2D eigenvalue weighted by Crippen LogP contribution is 2.49. The highest BCUT2D eigenvalue weighted by atomic mass is 16.5. The molecule has 4 rings (SSSR count). The molecular weight excluding hydrogens is 264 g/mol. The lowest BCUT2D eigenvalue weighted by molar-refractivity contribution is -0.130.